The maximum absolute atomic E-state index is 12.4. The Morgan fingerprint density at radius 3 is 2.53 bits per heavy atom. The molecule has 5 heteroatoms. The van der Waals surface area contributed by atoms with Gasteiger partial charge >= 0.3 is 5.51 Å². The van der Waals surface area contributed by atoms with Gasteiger partial charge in [0.2, 0.25) is 0 Å². The SMILES string of the molecule is CCc1ccc(CCCCl)cc1SC(F)(F)F. The van der Waals surface area contributed by atoms with Crippen LogP contribution in [0.15, 0.2) is 23.1 Å². The Kier molecular flexibility index (Phi) is 5.67. The minimum absolute atomic E-state index is 0.0334. The van der Waals surface area contributed by atoms with E-state index in [-0.39, 0.29) is 11.8 Å². The van der Waals surface area contributed by atoms with Crippen molar-refractivity contribution in [3.8, 4) is 0 Å². The Labute approximate surface area is 109 Å². The highest BCUT2D eigenvalue weighted by molar-refractivity contribution is 8.00. The summed E-state index contributed by atoms with van der Waals surface area (Å²) in [5, 5.41) is 0. The second kappa shape index (κ2) is 6.55. The normalized spacial score (nSPS) is 11.8. The Morgan fingerprint density at radius 2 is 2.00 bits per heavy atom. The first-order valence-corrected chi connectivity index (χ1v) is 6.75. The third-order valence-electron chi connectivity index (χ3n) is 2.34. The minimum Gasteiger partial charge on any atom is -0.160 e. The lowest BCUT2D eigenvalue weighted by molar-refractivity contribution is -0.0328. The highest BCUT2D eigenvalue weighted by Gasteiger charge is 2.30. The number of halogens is 4. The summed E-state index contributed by atoms with van der Waals surface area (Å²) >= 11 is 5.54. The molecule has 1 aromatic rings. The Bertz CT molecular complexity index is 363. The highest BCUT2D eigenvalue weighted by Crippen LogP contribution is 2.39. The second-order valence-corrected chi connectivity index (χ2v) is 5.12. The summed E-state index contributed by atoms with van der Waals surface area (Å²) < 4.78 is 37.1. The molecule has 0 N–H and O–H groups in total. The Hall–Kier alpha value is -0.350. The van der Waals surface area contributed by atoms with Gasteiger partial charge < -0.3 is 0 Å². The standard InChI is InChI=1S/C12H14ClF3S/c1-2-10-6-5-9(4-3-7-13)8-11(10)17-12(14,15)16/h5-6,8H,2-4,7H2,1H3. The van der Waals surface area contributed by atoms with Crippen LogP contribution in [-0.2, 0) is 12.8 Å². The molecule has 0 saturated heterocycles. The molecule has 0 saturated carbocycles. The van der Waals surface area contributed by atoms with E-state index in [9.17, 15) is 13.2 Å². The van der Waals surface area contributed by atoms with Crippen molar-refractivity contribution >= 4 is 23.4 Å². The molecule has 0 aromatic heterocycles. The molecule has 0 heterocycles. The summed E-state index contributed by atoms with van der Waals surface area (Å²) in [7, 11) is 0. The van der Waals surface area contributed by atoms with Crippen molar-refractivity contribution in [3.63, 3.8) is 0 Å². The lowest BCUT2D eigenvalue weighted by Gasteiger charge is -2.11. The van der Waals surface area contributed by atoms with Gasteiger partial charge in [-0.15, -0.1) is 11.6 Å². The van der Waals surface area contributed by atoms with Crippen molar-refractivity contribution in [2.45, 2.75) is 36.6 Å². The Morgan fingerprint density at radius 1 is 1.29 bits per heavy atom. The van der Waals surface area contributed by atoms with Gasteiger partial charge in [-0.2, -0.15) is 13.2 Å². The molecule has 0 unspecified atom stereocenters. The number of aryl methyl sites for hydroxylation is 2. The van der Waals surface area contributed by atoms with Crippen LogP contribution in [0, 0.1) is 0 Å². The molecule has 0 fully saturated rings. The first-order chi connectivity index (χ1) is 7.96. The predicted octanol–water partition coefficient (Wildman–Crippen LogP) is 5.03. The molecule has 0 radical (unpaired) electrons. The van der Waals surface area contributed by atoms with Gasteiger partial charge in [0.1, 0.15) is 0 Å². The summed E-state index contributed by atoms with van der Waals surface area (Å²) in [6, 6.07) is 5.28. The molecular weight excluding hydrogens is 269 g/mol. The molecule has 0 aliphatic rings. The molecule has 96 valence electrons. The van der Waals surface area contributed by atoms with Crippen molar-refractivity contribution < 1.29 is 13.2 Å². The van der Waals surface area contributed by atoms with E-state index in [2.05, 4.69) is 0 Å². The molecular formula is C12H14ClF3S. The van der Waals surface area contributed by atoms with Gasteiger partial charge in [-0.25, -0.2) is 0 Å². The van der Waals surface area contributed by atoms with Gasteiger partial charge in [0.15, 0.2) is 0 Å². The molecule has 1 aromatic carbocycles. The van der Waals surface area contributed by atoms with E-state index in [0.29, 0.717) is 17.2 Å². The van der Waals surface area contributed by atoms with Crippen LogP contribution < -0.4 is 0 Å². The fraction of sp³-hybridized carbons (Fsp3) is 0.500. The van der Waals surface area contributed by atoms with Crippen LogP contribution in [0.4, 0.5) is 13.2 Å². The van der Waals surface area contributed by atoms with Crippen LogP contribution in [-0.4, -0.2) is 11.4 Å². The van der Waals surface area contributed by atoms with E-state index in [4.69, 9.17) is 11.6 Å². The number of thioether (sulfide) groups is 1. The first kappa shape index (κ1) is 14.7. The van der Waals surface area contributed by atoms with Gasteiger partial charge in [0.25, 0.3) is 0 Å². The largest absolute Gasteiger partial charge is 0.446 e. The lowest BCUT2D eigenvalue weighted by Crippen LogP contribution is -2.01. The summed E-state index contributed by atoms with van der Waals surface area (Å²) in [6.07, 6.45) is 2.11. The molecule has 0 aliphatic carbocycles. The van der Waals surface area contributed by atoms with Gasteiger partial charge in [0, 0.05) is 10.8 Å². The van der Waals surface area contributed by atoms with Crippen LogP contribution in [0.1, 0.15) is 24.5 Å². The van der Waals surface area contributed by atoms with Crippen molar-refractivity contribution in [1.82, 2.24) is 0 Å². The topological polar surface area (TPSA) is 0 Å². The first-order valence-electron chi connectivity index (χ1n) is 5.39. The van der Waals surface area contributed by atoms with Crippen molar-refractivity contribution in [3.05, 3.63) is 29.3 Å². The zero-order valence-corrected chi connectivity index (χ0v) is 11.1. The van der Waals surface area contributed by atoms with Crippen molar-refractivity contribution in [2.75, 3.05) is 5.88 Å². The molecule has 0 nitrogen and oxygen atoms in total. The zero-order chi connectivity index (χ0) is 12.9. The van der Waals surface area contributed by atoms with Gasteiger partial charge in [-0.05, 0) is 48.2 Å². The van der Waals surface area contributed by atoms with Crippen LogP contribution >= 0.6 is 23.4 Å². The minimum atomic E-state index is -4.23. The van der Waals surface area contributed by atoms with E-state index >= 15 is 0 Å². The van der Waals surface area contributed by atoms with E-state index in [1.807, 2.05) is 13.0 Å². The third kappa shape index (κ3) is 5.21. The average Bonchev–Trinajstić information content (AvgIpc) is 2.24. The summed E-state index contributed by atoms with van der Waals surface area (Å²) in [5.41, 5.74) is -2.58. The van der Waals surface area contributed by atoms with Gasteiger partial charge in [-0.3, -0.25) is 0 Å². The Balaban J connectivity index is 2.90. The average molecular weight is 283 g/mol. The van der Waals surface area contributed by atoms with Gasteiger partial charge in [-0.1, -0.05) is 19.1 Å². The number of hydrogen-bond acceptors (Lipinski definition) is 1. The van der Waals surface area contributed by atoms with E-state index in [1.54, 1.807) is 12.1 Å². The van der Waals surface area contributed by atoms with E-state index < -0.39 is 5.51 Å². The maximum atomic E-state index is 12.4. The molecule has 0 spiro atoms. The van der Waals surface area contributed by atoms with E-state index in [1.165, 1.54) is 0 Å². The second-order valence-electron chi connectivity index (χ2n) is 3.64. The predicted molar refractivity (Wildman–Crippen MR) is 66.8 cm³/mol. The third-order valence-corrected chi connectivity index (χ3v) is 3.44. The van der Waals surface area contributed by atoms with Crippen LogP contribution in [0.3, 0.4) is 0 Å². The van der Waals surface area contributed by atoms with Gasteiger partial charge in [0.05, 0.1) is 0 Å². The number of rotatable bonds is 5. The summed E-state index contributed by atoms with van der Waals surface area (Å²) in [4.78, 5) is 0.312. The van der Waals surface area contributed by atoms with Crippen LogP contribution in [0.5, 0.6) is 0 Å². The van der Waals surface area contributed by atoms with Crippen LogP contribution in [0.2, 0.25) is 0 Å². The van der Waals surface area contributed by atoms with E-state index in [0.717, 1.165) is 24.0 Å². The quantitative estimate of drug-likeness (QED) is 0.539. The molecule has 17 heavy (non-hydrogen) atoms. The molecule has 1 rings (SSSR count). The highest BCUT2D eigenvalue weighted by atomic mass is 35.5. The van der Waals surface area contributed by atoms with Crippen molar-refractivity contribution in [1.29, 1.82) is 0 Å². The number of alkyl halides is 4. The summed E-state index contributed by atoms with van der Waals surface area (Å²) in [5.74, 6) is 0.525. The summed E-state index contributed by atoms with van der Waals surface area (Å²) in [6.45, 7) is 1.86. The molecule has 0 bridgehead atoms. The van der Waals surface area contributed by atoms with Crippen LogP contribution in [0.25, 0.3) is 0 Å². The number of hydrogen-bond donors (Lipinski definition) is 0. The lowest BCUT2D eigenvalue weighted by atomic mass is 10.1. The van der Waals surface area contributed by atoms with Crippen molar-refractivity contribution in [2.24, 2.45) is 0 Å². The monoisotopic (exact) mass is 282 g/mol. The maximum Gasteiger partial charge on any atom is 0.446 e. The fourth-order valence-electron chi connectivity index (χ4n) is 1.54. The molecule has 0 atom stereocenters. The number of benzene rings is 1. The zero-order valence-electron chi connectivity index (χ0n) is 9.48. The molecule has 0 aliphatic heterocycles. The molecule has 0 amide bonds. The fourth-order valence-corrected chi connectivity index (χ4v) is 2.47. The smallest absolute Gasteiger partial charge is 0.160 e.